The zero-order chi connectivity index (χ0) is 12.9. The minimum atomic E-state index is -0.239. The lowest BCUT2D eigenvalue weighted by Gasteiger charge is -2.35. The van der Waals surface area contributed by atoms with Crippen LogP contribution in [0.5, 0.6) is 0 Å². The van der Waals surface area contributed by atoms with Gasteiger partial charge in [0.15, 0.2) is 0 Å². The van der Waals surface area contributed by atoms with Gasteiger partial charge >= 0.3 is 0 Å². The van der Waals surface area contributed by atoms with Crippen LogP contribution in [-0.4, -0.2) is 37.1 Å². The first kappa shape index (κ1) is 14.0. The second-order valence-corrected chi connectivity index (χ2v) is 5.14. The van der Waals surface area contributed by atoms with Crippen LogP contribution < -0.4 is 0 Å². The number of ether oxygens (including phenoxy) is 1. The Balaban J connectivity index is 2.34. The van der Waals surface area contributed by atoms with Crippen molar-refractivity contribution in [2.45, 2.75) is 45.6 Å². The summed E-state index contributed by atoms with van der Waals surface area (Å²) >= 11 is 0. The number of carbonyl (C=O) groups is 1. The van der Waals surface area contributed by atoms with Gasteiger partial charge in [-0.2, -0.15) is 5.26 Å². The largest absolute Gasteiger partial charge is 0.382 e. The lowest BCUT2D eigenvalue weighted by molar-refractivity contribution is -0.133. The number of nitriles is 1. The van der Waals surface area contributed by atoms with E-state index in [0.717, 1.165) is 19.3 Å². The van der Waals surface area contributed by atoms with Crippen LogP contribution in [0, 0.1) is 16.7 Å². The van der Waals surface area contributed by atoms with Crippen LogP contribution in [0.15, 0.2) is 0 Å². The van der Waals surface area contributed by atoms with E-state index in [0.29, 0.717) is 19.5 Å². The SMILES string of the molecule is COC(C)CCC(=O)N1CCC(C)(C#N)CC1. The highest BCUT2D eigenvalue weighted by molar-refractivity contribution is 5.76. The average molecular weight is 238 g/mol. The number of rotatable bonds is 4. The first-order chi connectivity index (χ1) is 8.00. The minimum Gasteiger partial charge on any atom is -0.382 e. The molecule has 1 amide bonds. The van der Waals surface area contributed by atoms with Crippen molar-refractivity contribution in [3.05, 3.63) is 0 Å². The monoisotopic (exact) mass is 238 g/mol. The molecule has 1 aliphatic rings. The summed E-state index contributed by atoms with van der Waals surface area (Å²) in [5.41, 5.74) is -0.239. The summed E-state index contributed by atoms with van der Waals surface area (Å²) in [6.45, 7) is 5.37. The third kappa shape index (κ3) is 4.01. The Labute approximate surface area is 104 Å². The molecular weight excluding hydrogens is 216 g/mol. The number of methoxy groups -OCH3 is 1. The molecule has 4 heteroatoms. The number of likely N-dealkylation sites (tertiary alicyclic amines) is 1. The molecule has 1 saturated heterocycles. The second-order valence-electron chi connectivity index (χ2n) is 5.14. The van der Waals surface area contributed by atoms with Gasteiger partial charge in [0, 0.05) is 26.6 Å². The van der Waals surface area contributed by atoms with E-state index in [9.17, 15) is 4.79 Å². The molecule has 1 rings (SSSR count). The normalized spacial score (nSPS) is 20.7. The standard InChI is InChI=1S/C13H22N2O2/c1-11(17-3)4-5-12(16)15-8-6-13(2,10-14)7-9-15/h11H,4-9H2,1-3H3. The van der Waals surface area contributed by atoms with Crippen molar-refractivity contribution in [1.82, 2.24) is 4.90 Å². The second kappa shape index (κ2) is 6.02. The topological polar surface area (TPSA) is 53.3 Å². The first-order valence-electron chi connectivity index (χ1n) is 6.22. The molecule has 96 valence electrons. The molecule has 1 atom stereocenters. The maximum atomic E-state index is 11.9. The Kier molecular flexibility index (Phi) is 4.95. The van der Waals surface area contributed by atoms with E-state index in [1.165, 1.54) is 0 Å². The molecule has 1 heterocycles. The molecule has 0 aromatic heterocycles. The summed E-state index contributed by atoms with van der Waals surface area (Å²) in [4.78, 5) is 13.8. The number of amides is 1. The van der Waals surface area contributed by atoms with Crippen molar-refractivity contribution < 1.29 is 9.53 Å². The van der Waals surface area contributed by atoms with Gasteiger partial charge in [0.25, 0.3) is 0 Å². The molecule has 0 bridgehead atoms. The third-order valence-corrected chi connectivity index (χ3v) is 3.66. The average Bonchev–Trinajstić information content (AvgIpc) is 2.36. The van der Waals surface area contributed by atoms with E-state index < -0.39 is 0 Å². The minimum absolute atomic E-state index is 0.133. The van der Waals surface area contributed by atoms with E-state index in [1.54, 1.807) is 7.11 Å². The molecule has 1 unspecified atom stereocenters. The Morgan fingerprint density at radius 1 is 1.53 bits per heavy atom. The van der Waals surface area contributed by atoms with Crippen LogP contribution in [0.25, 0.3) is 0 Å². The first-order valence-corrected chi connectivity index (χ1v) is 6.22. The fourth-order valence-corrected chi connectivity index (χ4v) is 1.96. The molecule has 0 saturated carbocycles. The maximum Gasteiger partial charge on any atom is 0.222 e. The highest BCUT2D eigenvalue weighted by atomic mass is 16.5. The van der Waals surface area contributed by atoms with E-state index >= 15 is 0 Å². The smallest absolute Gasteiger partial charge is 0.222 e. The lowest BCUT2D eigenvalue weighted by atomic mass is 9.82. The summed E-state index contributed by atoms with van der Waals surface area (Å²) in [6, 6.07) is 2.34. The molecule has 0 aliphatic carbocycles. The van der Waals surface area contributed by atoms with Gasteiger partial charge in [0.05, 0.1) is 17.6 Å². The van der Waals surface area contributed by atoms with E-state index in [1.807, 2.05) is 18.7 Å². The van der Waals surface area contributed by atoms with E-state index in [-0.39, 0.29) is 17.4 Å². The van der Waals surface area contributed by atoms with E-state index in [2.05, 4.69) is 6.07 Å². The van der Waals surface area contributed by atoms with Crippen LogP contribution in [0.2, 0.25) is 0 Å². The lowest BCUT2D eigenvalue weighted by Crippen LogP contribution is -2.41. The maximum absolute atomic E-state index is 11.9. The van der Waals surface area contributed by atoms with Crippen molar-refractivity contribution >= 4 is 5.91 Å². The van der Waals surface area contributed by atoms with Crippen LogP contribution in [0.4, 0.5) is 0 Å². The summed E-state index contributed by atoms with van der Waals surface area (Å²) in [5, 5.41) is 9.01. The number of hydrogen-bond acceptors (Lipinski definition) is 3. The fraction of sp³-hybridized carbons (Fsp3) is 0.846. The highest BCUT2D eigenvalue weighted by Gasteiger charge is 2.31. The van der Waals surface area contributed by atoms with Crippen LogP contribution in [0.3, 0.4) is 0 Å². The Hall–Kier alpha value is -1.08. The molecule has 0 aromatic rings. The van der Waals surface area contributed by atoms with Crippen molar-refractivity contribution in [2.75, 3.05) is 20.2 Å². The molecule has 0 radical (unpaired) electrons. The summed E-state index contributed by atoms with van der Waals surface area (Å²) in [6.07, 6.45) is 3.01. The predicted octanol–water partition coefficient (Wildman–Crippen LogP) is 1.95. The van der Waals surface area contributed by atoms with Gasteiger partial charge in [0.1, 0.15) is 0 Å². The van der Waals surface area contributed by atoms with Crippen LogP contribution in [0.1, 0.15) is 39.5 Å². The van der Waals surface area contributed by atoms with Gasteiger partial charge in [-0.15, -0.1) is 0 Å². The molecule has 0 spiro atoms. The third-order valence-electron chi connectivity index (χ3n) is 3.66. The number of nitrogens with zero attached hydrogens (tertiary/aromatic N) is 2. The summed E-state index contributed by atoms with van der Waals surface area (Å²) in [7, 11) is 1.66. The van der Waals surface area contributed by atoms with Gasteiger partial charge in [-0.25, -0.2) is 0 Å². The summed E-state index contributed by atoms with van der Waals surface area (Å²) < 4.78 is 5.12. The predicted molar refractivity (Wildman–Crippen MR) is 65.2 cm³/mol. The Morgan fingerprint density at radius 2 is 2.12 bits per heavy atom. The van der Waals surface area contributed by atoms with Gasteiger partial charge < -0.3 is 9.64 Å². The molecular formula is C13H22N2O2. The molecule has 0 N–H and O–H groups in total. The quantitative estimate of drug-likeness (QED) is 0.752. The Morgan fingerprint density at radius 3 is 2.59 bits per heavy atom. The highest BCUT2D eigenvalue weighted by Crippen LogP contribution is 2.30. The van der Waals surface area contributed by atoms with Crippen molar-refractivity contribution in [3.63, 3.8) is 0 Å². The fourth-order valence-electron chi connectivity index (χ4n) is 1.96. The number of hydrogen-bond donors (Lipinski definition) is 0. The van der Waals surface area contributed by atoms with Gasteiger partial charge in [0.2, 0.25) is 5.91 Å². The molecule has 0 aromatic carbocycles. The van der Waals surface area contributed by atoms with Crippen LogP contribution >= 0.6 is 0 Å². The Bertz CT molecular complexity index is 301. The molecule has 1 fully saturated rings. The summed E-state index contributed by atoms with van der Waals surface area (Å²) in [5.74, 6) is 0.189. The molecule has 17 heavy (non-hydrogen) atoms. The number of carbonyl (C=O) groups excluding carboxylic acids is 1. The number of piperidine rings is 1. The van der Waals surface area contributed by atoms with Gasteiger partial charge in [-0.1, -0.05) is 0 Å². The van der Waals surface area contributed by atoms with Crippen molar-refractivity contribution in [2.24, 2.45) is 5.41 Å². The van der Waals surface area contributed by atoms with Crippen LogP contribution in [-0.2, 0) is 9.53 Å². The zero-order valence-electron chi connectivity index (χ0n) is 11.0. The van der Waals surface area contributed by atoms with Gasteiger partial charge in [-0.05, 0) is 33.1 Å². The zero-order valence-corrected chi connectivity index (χ0v) is 11.0. The molecule has 1 aliphatic heterocycles. The molecule has 4 nitrogen and oxygen atoms in total. The van der Waals surface area contributed by atoms with E-state index in [4.69, 9.17) is 10.00 Å². The van der Waals surface area contributed by atoms with Crippen molar-refractivity contribution in [1.29, 1.82) is 5.26 Å². The van der Waals surface area contributed by atoms with Gasteiger partial charge in [-0.3, -0.25) is 4.79 Å². The van der Waals surface area contributed by atoms with Crippen molar-refractivity contribution in [3.8, 4) is 6.07 Å².